The van der Waals surface area contributed by atoms with Crippen molar-refractivity contribution >= 4 is 0 Å². The summed E-state index contributed by atoms with van der Waals surface area (Å²) >= 11 is 0. The van der Waals surface area contributed by atoms with Crippen LogP contribution in [0.1, 0.15) is 31.4 Å². The SMILES string of the molecule is CC(C)(O)CCc1ccc(-c2ccc(CO)cc2)cc1. The zero-order valence-corrected chi connectivity index (χ0v) is 12.1. The van der Waals surface area contributed by atoms with E-state index < -0.39 is 5.60 Å². The maximum atomic E-state index is 9.74. The third-order valence-electron chi connectivity index (χ3n) is 3.45. The van der Waals surface area contributed by atoms with Crippen LogP contribution in [0.15, 0.2) is 48.5 Å². The second-order valence-electron chi connectivity index (χ2n) is 5.86. The molecule has 2 aromatic carbocycles. The topological polar surface area (TPSA) is 40.5 Å². The monoisotopic (exact) mass is 270 g/mol. The van der Waals surface area contributed by atoms with Crippen LogP contribution in [0.5, 0.6) is 0 Å². The van der Waals surface area contributed by atoms with Gasteiger partial charge < -0.3 is 10.2 Å². The fourth-order valence-electron chi connectivity index (χ4n) is 2.12. The van der Waals surface area contributed by atoms with Crippen LogP contribution in [0, 0.1) is 0 Å². The summed E-state index contributed by atoms with van der Waals surface area (Å²) in [7, 11) is 0. The average molecular weight is 270 g/mol. The minimum atomic E-state index is -0.612. The third kappa shape index (κ3) is 4.19. The van der Waals surface area contributed by atoms with Gasteiger partial charge in [-0.25, -0.2) is 0 Å². The molecule has 0 amide bonds. The van der Waals surface area contributed by atoms with Gasteiger partial charge in [-0.3, -0.25) is 0 Å². The lowest BCUT2D eigenvalue weighted by Crippen LogP contribution is -2.19. The largest absolute Gasteiger partial charge is 0.392 e. The van der Waals surface area contributed by atoms with E-state index in [1.54, 1.807) is 0 Å². The summed E-state index contributed by atoms with van der Waals surface area (Å²) < 4.78 is 0. The zero-order valence-electron chi connectivity index (χ0n) is 12.1. The van der Waals surface area contributed by atoms with E-state index in [1.807, 2.05) is 38.1 Å². The Labute approximate surface area is 120 Å². The maximum absolute atomic E-state index is 9.74. The van der Waals surface area contributed by atoms with Gasteiger partial charge in [0.25, 0.3) is 0 Å². The molecule has 0 atom stereocenters. The molecule has 0 bridgehead atoms. The number of rotatable bonds is 5. The third-order valence-corrected chi connectivity index (χ3v) is 3.45. The predicted octanol–water partition coefficient (Wildman–Crippen LogP) is 3.55. The molecule has 0 heterocycles. The molecule has 0 saturated carbocycles. The minimum absolute atomic E-state index is 0.0795. The van der Waals surface area contributed by atoms with Crippen LogP contribution in [0.4, 0.5) is 0 Å². The van der Waals surface area contributed by atoms with Gasteiger partial charge in [-0.2, -0.15) is 0 Å². The predicted molar refractivity (Wildman–Crippen MR) is 82.4 cm³/mol. The maximum Gasteiger partial charge on any atom is 0.0681 e. The summed E-state index contributed by atoms with van der Waals surface area (Å²) in [6.07, 6.45) is 1.64. The average Bonchev–Trinajstić information content (AvgIpc) is 2.45. The van der Waals surface area contributed by atoms with Gasteiger partial charge in [0.15, 0.2) is 0 Å². The molecule has 0 aromatic heterocycles. The van der Waals surface area contributed by atoms with Crippen molar-refractivity contribution in [1.82, 2.24) is 0 Å². The summed E-state index contributed by atoms with van der Waals surface area (Å²) in [6.45, 7) is 3.75. The Hall–Kier alpha value is -1.64. The first-order valence-corrected chi connectivity index (χ1v) is 6.99. The molecule has 2 nitrogen and oxygen atoms in total. The van der Waals surface area contributed by atoms with Gasteiger partial charge in [-0.1, -0.05) is 48.5 Å². The highest BCUT2D eigenvalue weighted by atomic mass is 16.3. The van der Waals surface area contributed by atoms with E-state index in [1.165, 1.54) is 11.1 Å². The van der Waals surface area contributed by atoms with Crippen LogP contribution in [0.25, 0.3) is 11.1 Å². The first kappa shape index (κ1) is 14.8. The van der Waals surface area contributed by atoms with Crippen molar-refractivity contribution in [1.29, 1.82) is 0 Å². The van der Waals surface area contributed by atoms with Gasteiger partial charge in [0.05, 0.1) is 12.2 Å². The lowest BCUT2D eigenvalue weighted by atomic mass is 9.97. The first-order chi connectivity index (χ1) is 9.48. The van der Waals surface area contributed by atoms with E-state index in [0.29, 0.717) is 0 Å². The Morgan fingerprint density at radius 1 is 0.800 bits per heavy atom. The van der Waals surface area contributed by atoms with E-state index in [-0.39, 0.29) is 6.61 Å². The Balaban J connectivity index is 2.07. The number of hydrogen-bond acceptors (Lipinski definition) is 2. The summed E-state index contributed by atoms with van der Waals surface area (Å²) in [5.74, 6) is 0. The fourth-order valence-corrected chi connectivity index (χ4v) is 2.12. The van der Waals surface area contributed by atoms with E-state index in [9.17, 15) is 5.11 Å². The Morgan fingerprint density at radius 2 is 1.25 bits per heavy atom. The smallest absolute Gasteiger partial charge is 0.0681 e. The normalized spacial score (nSPS) is 11.6. The zero-order chi connectivity index (χ0) is 14.6. The van der Waals surface area contributed by atoms with Crippen molar-refractivity contribution in [3.8, 4) is 11.1 Å². The molecule has 0 unspecified atom stereocenters. The van der Waals surface area contributed by atoms with Gasteiger partial charge in [-0.15, -0.1) is 0 Å². The van der Waals surface area contributed by atoms with E-state index in [4.69, 9.17) is 5.11 Å². The van der Waals surface area contributed by atoms with Gasteiger partial charge in [-0.05, 0) is 48.9 Å². The lowest BCUT2D eigenvalue weighted by molar-refractivity contribution is 0.0714. The van der Waals surface area contributed by atoms with Gasteiger partial charge >= 0.3 is 0 Å². The quantitative estimate of drug-likeness (QED) is 0.872. The van der Waals surface area contributed by atoms with Crippen LogP contribution in [0.2, 0.25) is 0 Å². The second kappa shape index (κ2) is 6.21. The number of hydrogen-bond donors (Lipinski definition) is 2. The standard InChI is InChI=1S/C18H22O2/c1-18(2,20)12-11-14-3-7-16(8-4-14)17-9-5-15(13-19)6-10-17/h3-10,19-20H,11-13H2,1-2H3. The molecule has 0 saturated heterocycles. The second-order valence-corrected chi connectivity index (χ2v) is 5.86. The van der Waals surface area contributed by atoms with Crippen LogP contribution in [-0.4, -0.2) is 15.8 Å². The molecule has 0 aliphatic carbocycles. The summed E-state index contributed by atoms with van der Waals surface area (Å²) in [5, 5.41) is 18.8. The Morgan fingerprint density at radius 3 is 1.65 bits per heavy atom. The number of aliphatic hydroxyl groups excluding tert-OH is 1. The van der Waals surface area contributed by atoms with Crippen LogP contribution >= 0.6 is 0 Å². The molecule has 0 aliphatic heterocycles. The molecular weight excluding hydrogens is 248 g/mol. The van der Waals surface area contributed by atoms with Crippen molar-refractivity contribution in [2.24, 2.45) is 0 Å². The molecule has 0 aliphatic rings. The highest BCUT2D eigenvalue weighted by Crippen LogP contribution is 2.21. The number of aliphatic hydroxyl groups is 2. The summed E-state index contributed by atoms with van der Waals surface area (Å²) in [4.78, 5) is 0. The highest BCUT2D eigenvalue weighted by Gasteiger charge is 2.11. The van der Waals surface area contributed by atoms with Crippen LogP contribution < -0.4 is 0 Å². The number of aryl methyl sites for hydroxylation is 1. The van der Waals surface area contributed by atoms with E-state index >= 15 is 0 Å². The lowest BCUT2D eigenvalue weighted by Gasteiger charge is -2.16. The van der Waals surface area contributed by atoms with Crippen molar-refractivity contribution < 1.29 is 10.2 Å². The molecule has 0 spiro atoms. The van der Waals surface area contributed by atoms with Crippen molar-refractivity contribution in [3.63, 3.8) is 0 Å². The Bertz CT molecular complexity index is 533. The van der Waals surface area contributed by atoms with Gasteiger partial charge in [0.1, 0.15) is 0 Å². The first-order valence-electron chi connectivity index (χ1n) is 6.99. The minimum Gasteiger partial charge on any atom is -0.392 e. The fraction of sp³-hybridized carbons (Fsp3) is 0.333. The summed E-state index contributed by atoms with van der Waals surface area (Å²) in [5.41, 5.74) is 3.87. The van der Waals surface area contributed by atoms with E-state index in [2.05, 4.69) is 24.3 Å². The highest BCUT2D eigenvalue weighted by molar-refractivity contribution is 5.63. The van der Waals surface area contributed by atoms with Gasteiger partial charge in [0.2, 0.25) is 0 Å². The number of benzene rings is 2. The Kier molecular flexibility index (Phi) is 4.58. The molecule has 2 aromatic rings. The molecule has 2 N–H and O–H groups in total. The van der Waals surface area contributed by atoms with E-state index in [0.717, 1.165) is 24.0 Å². The summed E-state index contributed by atoms with van der Waals surface area (Å²) in [6, 6.07) is 16.4. The van der Waals surface area contributed by atoms with Crippen LogP contribution in [-0.2, 0) is 13.0 Å². The molecule has 106 valence electrons. The molecule has 20 heavy (non-hydrogen) atoms. The van der Waals surface area contributed by atoms with Crippen LogP contribution in [0.3, 0.4) is 0 Å². The van der Waals surface area contributed by atoms with Crippen molar-refractivity contribution in [3.05, 3.63) is 59.7 Å². The van der Waals surface area contributed by atoms with Crippen molar-refractivity contribution in [2.45, 2.75) is 38.9 Å². The van der Waals surface area contributed by atoms with Crippen molar-refractivity contribution in [2.75, 3.05) is 0 Å². The molecule has 2 heteroatoms. The molecular formula is C18H22O2. The molecule has 0 fully saturated rings. The molecule has 0 radical (unpaired) electrons. The van der Waals surface area contributed by atoms with Gasteiger partial charge in [0, 0.05) is 0 Å². The molecule has 2 rings (SSSR count).